The minimum absolute atomic E-state index is 0.000556. The number of rotatable bonds is 3. The van der Waals surface area contributed by atoms with Gasteiger partial charge in [0.2, 0.25) is 0 Å². The monoisotopic (exact) mass is 197 g/mol. The SMILES string of the molecule is CCc1cc(CN(C)O)c(O)cc1O. The highest BCUT2D eigenvalue weighted by Gasteiger charge is 2.08. The molecule has 0 heterocycles. The van der Waals surface area contributed by atoms with Crippen molar-refractivity contribution in [3.05, 3.63) is 23.3 Å². The molecular weight excluding hydrogens is 182 g/mol. The lowest BCUT2D eigenvalue weighted by Crippen LogP contribution is -2.11. The Hall–Kier alpha value is -1.26. The van der Waals surface area contributed by atoms with E-state index >= 15 is 0 Å². The highest BCUT2D eigenvalue weighted by atomic mass is 16.5. The predicted molar refractivity (Wildman–Crippen MR) is 52.4 cm³/mol. The first kappa shape index (κ1) is 10.8. The molecule has 0 radical (unpaired) electrons. The quantitative estimate of drug-likeness (QED) is 0.642. The van der Waals surface area contributed by atoms with Gasteiger partial charge in [0, 0.05) is 18.7 Å². The molecule has 3 N–H and O–H groups in total. The molecule has 0 aliphatic carbocycles. The van der Waals surface area contributed by atoms with Crippen LogP contribution < -0.4 is 0 Å². The Morgan fingerprint density at radius 2 is 1.71 bits per heavy atom. The van der Waals surface area contributed by atoms with E-state index in [0.717, 1.165) is 10.6 Å². The van der Waals surface area contributed by atoms with Gasteiger partial charge in [-0.05, 0) is 18.1 Å². The lowest BCUT2D eigenvalue weighted by molar-refractivity contribution is -0.0735. The minimum atomic E-state index is 0.000556. The van der Waals surface area contributed by atoms with E-state index in [9.17, 15) is 10.2 Å². The highest BCUT2D eigenvalue weighted by molar-refractivity contribution is 5.45. The average Bonchev–Trinajstić information content (AvgIpc) is 2.09. The number of benzene rings is 1. The maximum atomic E-state index is 9.46. The number of aromatic hydroxyl groups is 2. The molecule has 14 heavy (non-hydrogen) atoms. The first-order valence-corrected chi connectivity index (χ1v) is 4.48. The Balaban J connectivity index is 3.04. The molecular formula is C10H15NO3. The molecule has 0 saturated heterocycles. The Morgan fingerprint density at radius 1 is 1.14 bits per heavy atom. The van der Waals surface area contributed by atoms with Gasteiger partial charge in [-0.25, -0.2) is 0 Å². The topological polar surface area (TPSA) is 63.9 Å². The van der Waals surface area contributed by atoms with Gasteiger partial charge in [-0.2, -0.15) is 5.06 Å². The highest BCUT2D eigenvalue weighted by Crippen LogP contribution is 2.28. The molecule has 0 bridgehead atoms. The summed E-state index contributed by atoms with van der Waals surface area (Å²) in [5.74, 6) is 0.0925. The number of hydrogen-bond acceptors (Lipinski definition) is 4. The van der Waals surface area contributed by atoms with Crippen LogP contribution in [0.25, 0.3) is 0 Å². The second kappa shape index (κ2) is 4.30. The number of nitrogens with zero attached hydrogens (tertiary/aromatic N) is 1. The fraction of sp³-hybridized carbons (Fsp3) is 0.400. The zero-order chi connectivity index (χ0) is 10.7. The third kappa shape index (κ3) is 2.37. The van der Waals surface area contributed by atoms with Crippen LogP contribution in [0.2, 0.25) is 0 Å². The summed E-state index contributed by atoms with van der Waals surface area (Å²) in [7, 11) is 1.50. The van der Waals surface area contributed by atoms with E-state index in [0.29, 0.717) is 12.0 Å². The van der Waals surface area contributed by atoms with Crippen molar-refractivity contribution in [2.75, 3.05) is 7.05 Å². The van der Waals surface area contributed by atoms with Crippen LogP contribution in [0.4, 0.5) is 0 Å². The summed E-state index contributed by atoms with van der Waals surface area (Å²) < 4.78 is 0. The van der Waals surface area contributed by atoms with Gasteiger partial charge in [0.05, 0.1) is 6.54 Å². The van der Waals surface area contributed by atoms with Crippen LogP contribution in [-0.4, -0.2) is 27.5 Å². The first-order valence-electron chi connectivity index (χ1n) is 4.48. The Morgan fingerprint density at radius 3 is 2.21 bits per heavy atom. The predicted octanol–water partition coefficient (Wildman–Crippen LogP) is 1.48. The molecule has 78 valence electrons. The summed E-state index contributed by atoms with van der Waals surface area (Å²) in [4.78, 5) is 0. The van der Waals surface area contributed by atoms with Crippen LogP contribution in [0.3, 0.4) is 0 Å². The van der Waals surface area contributed by atoms with Crippen LogP contribution in [-0.2, 0) is 13.0 Å². The number of phenols is 2. The molecule has 1 aromatic rings. The fourth-order valence-electron chi connectivity index (χ4n) is 1.33. The molecule has 0 aromatic heterocycles. The molecule has 0 fully saturated rings. The smallest absolute Gasteiger partial charge is 0.123 e. The molecule has 0 spiro atoms. The van der Waals surface area contributed by atoms with Crippen LogP contribution in [0.1, 0.15) is 18.1 Å². The third-order valence-electron chi connectivity index (χ3n) is 2.06. The summed E-state index contributed by atoms with van der Waals surface area (Å²) in [6.07, 6.45) is 0.689. The lowest BCUT2D eigenvalue weighted by Gasteiger charge is -2.12. The van der Waals surface area contributed by atoms with Gasteiger partial charge >= 0.3 is 0 Å². The van der Waals surface area contributed by atoms with Crippen LogP contribution >= 0.6 is 0 Å². The Labute approximate surface area is 83.0 Å². The lowest BCUT2D eigenvalue weighted by atomic mass is 10.1. The summed E-state index contributed by atoms with van der Waals surface area (Å²) >= 11 is 0. The van der Waals surface area contributed by atoms with E-state index < -0.39 is 0 Å². The van der Waals surface area contributed by atoms with Crippen molar-refractivity contribution in [1.82, 2.24) is 5.06 Å². The van der Waals surface area contributed by atoms with Gasteiger partial charge in [0.1, 0.15) is 11.5 Å². The molecule has 0 unspecified atom stereocenters. The molecule has 0 saturated carbocycles. The van der Waals surface area contributed by atoms with Crippen molar-refractivity contribution in [1.29, 1.82) is 0 Å². The Kier molecular flexibility index (Phi) is 3.33. The third-order valence-corrected chi connectivity index (χ3v) is 2.06. The average molecular weight is 197 g/mol. The van der Waals surface area contributed by atoms with Gasteiger partial charge in [-0.15, -0.1) is 0 Å². The van der Waals surface area contributed by atoms with Crippen LogP contribution in [0, 0.1) is 0 Å². The van der Waals surface area contributed by atoms with Crippen molar-refractivity contribution in [3.8, 4) is 11.5 Å². The van der Waals surface area contributed by atoms with Crippen molar-refractivity contribution in [3.63, 3.8) is 0 Å². The zero-order valence-electron chi connectivity index (χ0n) is 8.36. The summed E-state index contributed by atoms with van der Waals surface area (Å²) in [5, 5.41) is 28.9. The van der Waals surface area contributed by atoms with E-state index in [-0.39, 0.29) is 18.0 Å². The molecule has 0 aliphatic rings. The van der Waals surface area contributed by atoms with Crippen molar-refractivity contribution >= 4 is 0 Å². The van der Waals surface area contributed by atoms with Gasteiger partial charge in [0.15, 0.2) is 0 Å². The largest absolute Gasteiger partial charge is 0.508 e. The molecule has 0 amide bonds. The van der Waals surface area contributed by atoms with Crippen molar-refractivity contribution < 1.29 is 15.4 Å². The van der Waals surface area contributed by atoms with Crippen LogP contribution in [0.5, 0.6) is 11.5 Å². The summed E-state index contributed by atoms with van der Waals surface area (Å²) in [6, 6.07) is 3.00. The summed E-state index contributed by atoms with van der Waals surface area (Å²) in [6.45, 7) is 2.15. The number of hydroxylamine groups is 2. The number of phenolic OH excluding ortho intramolecular Hbond substituents is 2. The Bertz CT molecular complexity index is 323. The zero-order valence-corrected chi connectivity index (χ0v) is 8.36. The van der Waals surface area contributed by atoms with E-state index in [1.54, 1.807) is 6.07 Å². The molecule has 0 atom stereocenters. The van der Waals surface area contributed by atoms with Gasteiger partial charge in [-0.1, -0.05) is 6.92 Å². The van der Waals surface area contributed by atoms with Gasteiger partial charge < -0.3 is 15.4 Å². The van der Waals surface area contributed by atoms with Crippen molar-refractivity contribution in [2.24, 2.45) is 0 Å². The molecule has 1 aromatic carbocycles. The molecule has 4 heteroatoms. The number of aryl methyl sites for hydroxylation is 1. The van der Waals surface area contributed by atoms with Crippen molar-refractivity contribution in [2.45, 2.75) is 19.9 Å². The first-order chi connectivity index (χ1) is 6.54. The number of hydrogen-bond donors (Lipinski definition) is 3. The minimum Gasteiger partial charge on any atom is -0.508 e. The van der Waals surface area contributed by atoms with E-state index in [4.69, 9.17) is 5.21 Å². The second-order valence-corrected chi connectivity index (χ2v) is 3.28. The standard InChI is InChI=1S/C10H15NO3/c1-3-7-4-8(6-11(2)14)10(13)5-9(7)12/h4-5,12-14H,3,6H2,1-2H3. The van der Waals surface area contributed by atoms with Gasteiger partial charge in [0.25, 0.3) is 0 Å². The van der Waals surface area contributed by atoms with Crippen LogP contribution in [0.15, 0.2) is 12.1 Å². The van der Waals surface area contributed by atoms with E-state index in [1.165, 1.54) is 13.1 Å². The maximum Gasteiger partial charge on any atom is 0.123 e. The molecule has 0 aliphatic heterocycles. The molecule has 4 nitrogen and oxygen atoms in total. The maximum absolute atomic E-state index is 9.46. The second-order valence-electron chi connectivity index (χ2n) is 3.28. The van der Waals surface area contributed by atoms with Gasteiger partial charge in [-0.3, -0.25) is 0 Å². The van der Waals surface area contributed by atoms with E-state index in [1.807, 2.05) is 6.92 Å². The fourth-order valence-corrected chi connectivity index (χ4v) is 1.33. The summed E-state index contributed by atoms with van der Waals surface area (Å²) in [5.41, 5.74) is 1.37. The molecule has 1 rings (SSSR count). The van der Waals surface area contributed by atoms with E-state index in [2.05, 4.69) is 0 Å². The normalized spacial score (nSPS) is 10.9.